The summed E-state index contributed by atoms with van der Waals surface area (Å²) in [4.78, 5) is 0. The maximum Gasteiger partial charge on any atom is -0.0132 e. The molecule has 0 radical (unpaired) electrons. The fraction of sp³-hybridized carbons (Fsp3) is 0.333. The monoisotopic (exact) mass is 238 g/mol. The maximum atomic E-state index is 2.32. The number of hydrogen-bond acceptors (Lipinski definition) is 0. The number of rotatable bonds is 3. The Labute approximate surface area is 111 Å². The van der Waals surface area contributed by atoms with Crippen LogP contribution in [0.15, 0.2) is 59.7 Å². The van der Waals surface area contributed by atoms with Crippen molar-refractivity contribution in [3.8, 4) is 0 Å². The van der Waals surface area contributed by atoms with E-state index >= 15 is 0 Å². The smallest absolute Gasteiger partial charge is 0.0132 e. The predicted molar refractivity (Wildman–Crippen MR) is 79.8 cm³/mol. The van der Waals surface area contributed by atoms with E-state index in [1.54, 1.807) is 0 Å². The van der Waals surface area contributed by atoms with E-state index in [1.807, 2.05) is 0 Å². The molecule has 0 nitrogen and oxygen atoms in total. The van der Waals surface area contributed by atoms with E-state index in [4.69, 9.17) is 0 Å². The Bertz CT molecular complexity index is 483. The van der Waals surface area contributed by atoms with Gasteiger partial charge >= 0.3 is 0 Å². The molecule has 0 N–H and O–H groups in total. The van der Waals surface area contributed by atoms with Crippen molar-refractivity contribution in [3.05, 3.63) is 70.8 Å². The van der Waals surface area contributed by atoms with E-state index in [0.29, 0.717) is 5.92 Å². The predicted octanol–water partition coefficient (Wildman–Crippen LogP) is 5.32. The third-order valence-electron chi connectivity index (χ3n) is 3.56. The molecule has 1 aliphatic rings. The van der Waals surface area contributed by atoms with Crippen molar-refractivity contribution >= 4 is 0 Å². The summed E-state index contributed by atoms with van der Waals surface area (Å²) in [5.74, 6) is 0.594. The molecule has 1 aromatic carbocycles. The van der Waals surface area contributed by atoms with E-state index in [2.05, 4.69) is 69.3 Å². The summed E-state index contributed by atoms with van der Waals surface area (Å²) in [5.41, 5.74) is 5.64. The van der Waals surface area contributed by atoms with Gasteiger partial charge in [-0.05, 0) is 38.2 Å². The molecular weight excluding hydrogens is 216 g/mol. The van der Waals surface area contributed by atoms with Crippen LogP contribution in [0.4, 0.5) is 0 Å². The van der Waals surface area contributed by atoms with Crippen molar-refractivity contribution in [1.29, 1.82) is 0 Å². The van der Waals surface area contributed by atoms with Gasteiger partial charge < -0.3 is 0 Å². The van der Waals surface area contributed by atoms with E-state index < -0.39 is 0 Å². The lowest BCUT2D eigenvalue weighted by molar-refractivity contribution is 0.740. The third-order valence-corrected chi connectivity index (χ3v) is 3.56. The second kappa shape index (κ2) is 5.86. The number of allylic oxidation sites excluding steroid dienone is 6. The number of benzene rings is 1. The Balaban J connectivity index is 2.05. The Morgan fingerprint density at radius 2 is 1.78 bits per heavy atom. The zero-order valence-electron chi connectivity index (χ0n) is 11.6. The average Bonchev–Trinajstić information content (AvgIpc) is 2.55. The molecule has 1 aliphatic carbocycles. The van der Waals surface area contributed by atoms with Gasteiger partial charge in [-0.3, -0.25) is 0 Å². The summed E-state index contributed by atoms with van der Waals surface area (Å²) in [6.07, 6.45) is 11.2. The van der Waals surface area contributed by atoms with Crippen LogP contribution in [0.5, 0.6) is 0 Å². The molecule has 0 aromatic heterocycles. The summed E-state index contributed by atoms with van der Waals surface area (Å²) in [5, 5.41) is 0. The Kier molecular flexibility index (Phi) is 4.19. The molecule has 94 valence electrons. The van der Waals surface area contributed by atoms with Gasteiger partial charge in [-0.1, -0.05) is 72.2 Å². The second-order valence-corrected chi connectivity index (χ2v) is 5.36. The van der Waals surface area contributed by atoms with E-state index in [-0.39, 0.29) is 0 Å². The van der Waals surface area contributed by atoms with Crippen LogP contribution in [-0.2, 0) is 0 Å². The highest BCUT2D eigenvalue weighted by molar-refractivity contribution is 5.31. The molecular formula is C18H22. The highest BCUT2D eigenvalue weighted by Crippen LogP contribution is 2.26. The van der Waals surface area contributed by atoms with Gasteiger partial charge in [0.15, 0.2) is 0 Å². The minimum absolute atomic E-state index is 0.594. The van der Waals surface area contributed by atoms with Gasteiger partial charge in [0, 0.05) is 0 Å². The van der Waals surface area contributed by atoms with Crippen LogP contribution in [0.2, 0.25) is 0 Å². The average molecular weight is 238 g/mol. The summed E-state index contributed by atoms with van der Waals surface area (Å²) >= 11 is 0. The maximum absolute atomic E-state index is 2.32. The summed E-state index contributed by atoms with van der Waals surface area (Å²) in [6.45, 7) is 6.61. The van der Waals surface area contributed by atoms with Crippen LogP contribution >= 0.6 is 0 Å². The number of aryl methyl sites for hydroxylation is 1. The van der Waals surface area contributed by atoms with Crippen molar-refractivity contribution in [3.63, 3.8) is 0 Å². The fourth-order valence-corrected chi connectivity index (χ4v) is 2.33. The molecule has 0 saturated heterocycles. The third kappa shape index (κ3) is 3.46. The van der Waals surface area contributed by atoms with Crippen LogP contribution in [0, 0.1) is 6.92 Å². The minimum Gasteiger partial charge on any atom is -0.0802 e. The molecule has 0 spiro atoms. The van der Waals surface area contributed by atoms with Crippen molar-refractivity contribution in [2.24, 2.45) is 0 Å². The standard InChI is InChI=1S/C18H22/c1-14-5-4-6-17(10-7-14)13-16(3)18-11-8-15(2)9-12-18/h4-5,7-12,16H,6,13H2,1-3H3. The van der Waals surface area contributed by atoms with Crippen LogP contribution in [0.1, 0.15) is 43.7 Å². The molecule has 0 saturated carbocycles. The van der Waals surface area contributed by atoms with Crippen molar-refractivity contribution < 1.29 is 0 Å². The summed E-state index contributed by atoms with van der Waals surface area (Å²) in [6, 6.07) is 8.93. The highest BCUT2D eigenvalue weighted by Gasteiger charge is 2.08. The minimum atomic E-state index is 0.594. The second-order valence-electron chi connectivity index (χ2n) is 5.36. The molecule has 0 amide bonds. The highest BCUT2D eigenvalue weighted by atomic mass is 14.1. The van der Waals surface area contributed by atoms with Crippen molar-refractivity contribution in [2.45, 2.75) is 39.5 Å². The Morgan fingerprint density at radius 1 is 1.06 bits per heavy atom. The molecule has 0 fully saturated rings. The van der Waals surface area contributed by atoms with Crippen LogP contribution in [0.3, 0.4) is 0 Å². The van der Waals surface area contributed by atoms with Gasteiger partial charge in [-0.2, -0.15) is 0 Å². The van der Waals surface area contributed by atoms with Crippen LogP contribution < -0.4 is 0 Å². The van der Waals surface area contributed by atoms with Gasteiger partial charge in [-0.25, -0.2) is 0 Å². The molecule has 0 aliphatic heterocycles. The zero-order chi connectivity index (χ0) is 13.0. The first-order chi connectivity index (χ1) is 8.65. The lowest BCUT2D eigenvalue weighted by Crippen LogP contribution is -1.96. The van der Waals surface area contributed by atoms with Crippen molar-refractivity contribution in [1.82, 2.24) is 0 Å². The lowest BCUT2D eigenvalue weighted by atomic mass is 9.92. The quantitative estimate of drug-likeness (QED) is 0.668. The van der Waals surface area contributed by atoms with Gasteiger partial charge in [-0.15, -0.1) is 0 Å². The van der Waals surface area contributed by atoms with Crippen LogP contribution in [0.25, 0.3) is 0 Å². The lowest BCUT2D eigenvalue weighted by Gasteiger charge is -2.13. The first-order valence-corrected chi connectivity index (χ1v) is 6.74. The first-order valence-electron chi connectivity index (χ1n) is 6.74. The topological polar surface area (TPSA) is 0 Å². The van der Waals surface area contributed by atoms with Gasteiger partial charge in [0.2, 0.25) is 0 Å². The van der Waals surface area contributed by atoms with E-state index in [0.717, 1.165) is 12.8 Å². The Morgan fingerprint density at radius 3 is 2.50 bits per heavy atom. The first kappa shape index (κ1) is 12.9. The molecule has 1 atom stereocenters. The van der Waals surface area contributed by atoms with Crippen molar-refractivity contribution in [2.75, 3.05) is 0 Å². The number of hydrogen-bond donors (Lipinski definition) is 0. The van der Waals surface area contributed by atoms with E-state index in [1.165, 1.54) is 22.3 Å². The fourth-order valence-electron chi connectivity index (χ4n) is 2.33. The van der Waals surface area contributed by atoms with Crippen LogP contribution in [-0.4, -0.2) is 0 Å². The van der Waals surface area contributed by atoms with E-state index in [9.17, 15) is 0 Å². The zero-order valence-corrected chi connectivity index (χ0v) is 11.6. The normalized spacial score (nSPS) is 16.8. The SMILES string of the molecule is CC1=CC=C(CC(C)c2ccc(C)cc2)CC=C1. The van der Waals surface area contributed by atoms with Gasteiger partial charge in [0.1, 0.15) is 0 Å². The Hall–Kier alpha value is -1.56. The molecule has 2 rings (SSSR count). The largest absolute Gasteiger partial charge is 0.0802 e. The molecule has 0 heterocycles. The molecule has 0 heteroatoms. The molecule has 1 unspecified atom stereocenters. The molecule has 18 heavy (non-hydrogen) atoms. The van der Waals surface area contributed by atoms with Gasteiger partial charge in [0.05, 0.1) is 0 Å². The summed E-state index contributed by atoms with van der Waals surface area (Å²) in [7, 11) is 0. The van der Waals surface area contributed by atoms with Gasteiger partial charge in [0.25, 0.3) is 0 Å². The summed E-state index contributed by atoms with van der Waals surface area (Å²) < 4.78 is 0. The molecule has 1 aromatic rings. The molecule has 0 bridgehead atoms.